The number of sulfone groups is 1. The number of anilines is 1. The second-order valence-corrected chi connectivity index (χ2v) is 20.2. The lowest BCUT2D eigenvalue weighted by Gasteiger charge is -2.39. The van der Waals surface area contributed by atoms with E-state index >= 15 is 0 Å². The highest BCUT2D eigenvalue weighted by Crippen LogP contribution is 2.51. The molecule has 0 saturated carbocycles. The summed E-state index contributed by atoms with van der Waals surface area (Å²) < 4.78 is 73.8. The SMILES string of the molecule is COc1ccc(C(OC[C@H]2O[C@@H](n3ccc(NC(C)=O)nc3=O)[C@@H](OC(=S)N3CCS(=O)(=O)CC3)C2OP(OCCC#N)N(C(C)C)C(C)C)(C2=CC=C[C+]=C2)c2ccc(OC)cc2)cc1. The average molecular weight is 964 g/mol. The van der Waals surface area contributed by atoms with E-state index in [1.165, 1.54) is 23.8 Å². The first-order valence-electron chi connectivity index (χ1n) is 21.4. The van der Waals surface area contributed by atoms with E-state index in [4.69, 9.17) is 44.9 Å². The van der Waals surface area contributed by atoms with Crippen molar-refractivity contribution < 1.29 is 45.9 Å². The summed E-state index contributed by atoms with van der Waals surface area (Å²) in [4.78, 5) is 31.7. The minimum absolute atomic E-state index is 0.0271. The molecule has 2 aromatic carbocycles. The number of amides is 1. The van der Waals surface area contributed by atoms with Gasteiger partial charge in [-0.05, 0) is 70.2 Å². The number of carbonyl (C=O) groups is 1. The van der Waals surface area contributed by atoms with Crippen molar-refractivity contribution in [2.75, 3.05) is 57.3 Å². The molecule has 5 atom stereocenters. The van der Waals surface area contributed by atoms with Crippen LogP contribution in [0.3, 0.4) is 0 Å². The maximum Gasteiger partial charge on any atom is 0.351 e. The second kappa shape index (κ2) is 22.6. The molecule has 0 bridgehead atoms. The fourth-order valence-electron chi connectivity index (χ4n) is 7.88. The van der Waals surface area contributed by atoms with E-state index in [0.29, 0.717) is 11.5 Å². The van der Waals surface area contributed by atoms with Gasteiger partial charge in [0, 0.05) is 61.6 Å². The fraction of sp³-hybridized carbons (Fsp3) is 0.457. The van der Waals surface area contributed by atoms with Crippen molar-refractivity contribution in [3.05, 3.63) is 118 Å². The number of hydrogen-bond acceptors (Lipinski definition) is 15. The molecule has 1 amide bonds. The van der Waals surface area contributed by atoms with Gasteiger partial charge in [-0.2, -0.15) is 10.2 Å². The number of methoxy groups -OCH3 is 2. The lowest BCUT2D eigenvalue weighted by molar-refractivity contribution is -0.114. The molecule has 2 saturated heterocycles. The number of allylic oxidation sites excluding steroid dienone is 4. The van der Waals surface area contributed by atoms with Crippen LogP contribution >= 0.6 is 20.7 Å². The van der Waals surface area contributed by atoms with Crippen LogP contribution in [0.4, 0.5) is 5.82 Å². The van der Waals surface area contributed by atoms with Crippen LogP contribution in [0, 0.1) is 17.4 Å². The predicted molar refractivity (Wildman–Crippen MR) is 252 cm³/mol. The third-order valence-electron chi connectivity index (χ3n) is 11.0. The zero-order chi connectivity index (χ0) is 47.6. The largest absolute Gasteiger partial charge is 0.497 e. The van der Waals surface area contributed by atoms with Gasteiger partial charge in [0.1, 0.15) is 47.2 Å². The first kappa shape index (κ1) is 50.3. The quantitative estimate of drug-likeness (QED) is 0.0637. The first-order valence-corrected chi connectivity index (χ1v) is 24.8. The van der Waals surface area contributed by atoms with Crippen molar-refractivity contribution in [1.82, 2.24) is 19.1 Å². The molecule has 1 N–H and O–H groups in total. The zero-order valence-corrected chi connectivity index (χ0v) is 40.5. The van der Waals surface area contributed by atoms with Crippen LogP contribution in [0.5, 0.6) is 11.5 Å². The highest BCUT2D eigenvalue weighted by atomic mass is 32.2. The van der Waals surface area contributed by atoms with Crippen LogP contribution in [-0.4, -0.2) is 121 Å². The molecular formula is C46H56N6O11PS2+. The number of ether oxygens (including phenoxy) is 5. The molecule has 20 heteroatoms. The molecule has 2 unspecified atom stereocenters. The monoisotopic (exact) mass is 963 g/mol. The van der Waals surface area contributed by atoms with E-state index in [2.05, 4.69) is 27.1 Å². The van der Waals surface area contributed by atoms with Crippen LogP contribution in [0.1, 0.15) is 58.4 Å². The Labute approximate surface area is 392 Å². The van der Waals surface area contributed by atoms with Gasteiger partial charge < -0.3 is 42.9 Å². The molecule has 352 valence electrons. The first-order chi connectivity index (χ1) is 31.6. The molecule has 17 nitrogen and oxygen atoms in total. The molecule has 3 aromatic rings. The number of rotatable bonds is 19. The Morgan fingerprint density at radius 1 is 1.03 bits per heavy atom. The number of hydrogen-bond donors (Lipinski definition) is 1. The number of nitrogens with one attached hydrogen (secondary N) is 1. The highest BCUT2D eigenvalue weighted by Gasteiger charge is 2.54. The van der Waals surface area contributed by atoms with Gasteiger partial charge in [-0.25, -0.2) is 17.9 Å². The highest BCUT2D eigenvalue weighted by molar-refractivity contribution is 7.91. The Bertz CT molecular complexity index is 2410. The van der Waals surface area contributed by atoms with Crippen molar-refractivity contribution in [2.24, 2.45) is 0 Å². The second-order valence-electron chi connectivity index (χ2n) is 16.1. The van der Waals surface area contributed by atoms with E-state index in [1.54, 1.807) is 25.2 Å². The number of nitrogens with zero attached hydrogens (tertiary/aromatic N) is 5. The Morgan fingerprint density at radius 2 is 1.65 bits per heavy atom. The van der Waals surface area contributed by atoms with Crippen molar-refractivity contribution in [3.8, 4) is 17.6 Å². The van der Waals surface area contributed by atoms with Gasteiger partial charge in [-0.15, -0.1) is 0 Å². The van der Waals surface area contributed by atoms with Gasteiger partial charge in [0.25, 0.3) is 13.7 Å². The van der Waals surface area contributed by atoms with Gasteiger partial charge in [0.15, 0.2) is 27.8 Å². The van der Waals surface area contributed by atoms with Gasteiger partial charge in [-0.1, -0.05) is 24.3 Å². The Kier molecular flexibility index (Phi) is 17.2. The number of carbonyl (C=O) groups excluding carboxylic acids is 1. The summed E-state index contributed by atoms with van der Waals surface area (Å²) in [5.41, 5.74) is 0.0798. The number of nitriles is 1. The summed E-state index contributed by atoms with van der Waals surface area (Å²) in [7, 11) is -2.08. The normalized spacial score (nSPS) is 20.7. The lowest BCUT2D eigenvalue weighted by Crippen LogP contribution is -2.48. The van der Waals surface area contributed by atoms with E-state index in [0.717, 1.165) is 16.7 Å². The maximum atomic E-state index is 14.0. The standard InChI is InChI=1S/C46H55N6O11PS2/c1-31(2)52(32(3)4)64(60-27-11-23-47)63-41-39(30-59-46(34-12-9-8-10-13-34,35-14-18-37(57-6)19-15-35)36-16-20-38(58-7)21-17-36)61-43(51-24-22-40(48-33(5)53)49-44(51)54)42(41)62-45(65)50-25-28-66(55,56)29-26-50/h8-9,12-22,24,31-32,39,41-43H,11,25-30H2,1-7H3/p+1/t39-,41?,42+,43-,64?/m1/s1. The van der Waals surface area contributed by atoms with E-state index in [1.807, 2.05) is 94.5 Å². The number of thiocarbonyl (C=S) groups is 1. The van der Waals surface area contributed by atoms with Gasteiger partial charge in [0.05, 0.1) is 57.5 Å². The van der Waals surface area contributed by atoms with Gasteiger partial charge in [-0.3, -0.25) is 9.36 Å². The third kappa shape index (κ3) is 11.9. The third-order valence-corrected chi connectivity index (χ3v) is 15.1. The molecule has 0 radical (unpaired) electrons. The van der Waals surface area contributed by atoms with Crippen molar-refractivity contribution in [3.63, 3.8) is 0 Å². The topological polar surface area (TPSA) is 193 Å². The summed E-state index contributed by atoms with van der Waals surface area (Å²) in [5.74, 6) is 0.615. The molecule has 3 aliphatic rings. The summed E-state index contributed by atoms with van der Waals surface area (Å²) in [5, 5.41) is 12.0. The average Bonchev–Trinajstić information content (AvgIpc) is 3.62. The van der Waals surface area contributed by atoms with Crippen molar-refractivity contribution in [1.29, 1.82) is 5.26 Å². The molecule has 2 aliphatic heterocycles. The summed E-state index contributed by atoms with van der Waals surface area (Å²) >= 11 is 5.89. The van der Waals surface area contributed by atoms with E-state index < -0.39 is 60.1 Å². The minimum Gasteiger partial charge on any atom is -0.497 e. The van der Waals surface area contributed by atoms with Gasteiger partial charge in [0.2, 0.25) is 5.91 Å². The molecule has 2 fully saturated rings. The molecule has 1 aromatic heterocycles. The summed E-state index contributed by atoms with van der Waals surface area (Å²) in [6.45, 7) is 9.36. The fourth-order valence-corrected chi connectivity index (χ4v) is 11.1. The number of aromatic nitrogens is 2. The van der Waals surface area contributed by atoms with E-state index in [-0.39, 0.29) is 67.3 Å². The molecule has 66 heavy (non-hydrogen) atoms. The summed E-state index contributed by atoms with van der Waals surface area (Å²) in [6, 6.07) is 18.4. The maximum absolute atomic E-state index is 14.0. The van der Waals surface area contributed by atoms with E-state index in [9.17, 15) is 23.3 Å². The summed E-state index contributed by atoms with van der Waals surface area (Å²) in [6.07, 6.45) is 7.55. The Hall–Kier alpha value is -5.12. The lowest BCUT2D eigenvalue weighted by atomic mass is 9.78. The smallest absolute Gasteiger partial charge is 0.351 e. The van der Waals surface area contributed by atoms with Gasteiger partial charge >= 0.3 is 5.69 Å². The Morgan fingerprint density at radius 3 is 2.17 bits per heavy atom. The molecule has 0 spiro atoms. The number of benzene rings is 2. The Balaban J connectivity index is 1.52. The minimum atomic E-state index is -3.28. The van der Waals surface area contributed by atoms with Crippen LogP contribution < -0.4 is 20.5 Å². The van der Waals surface area contributed by atoms with Crippen LogP contribution in [0.15, 0.2) is 95.5 Å². The van der Waals surface area contributed by atoms with Crippen LogP contribution in [0.2, 0.25) is 0 Å². The van der Waals surface area contributed by atoms with Crippen molar-refractivity contribution >= 4 is 47.5 Å². The van der Waals surface area contributed by atoms with Crippen LogP contribution in [0.25, 0.3) is 0 Å². The molecule has 3 heterocycles. The predicted octanol–water partition coefficient (Wildman–Crippen LogP) is 5.99. The van der Waals surface area contributed by atoms with Crippen LogP contribution in [-0.2, 0) is 43.5 Å². The zero-order valence-electron chi connectivity index (χ0n) is 38.0. The molecule has 6 rings (SSSR count). The molecule has 1 aliphatic carbocycles. The van der Waals surface area contributed by atoms with Crippen molar-refractivity contribution in [2.45, 2.75) is 83.3 Å². The molecular weight excluding hydrogens is 908 g/mol.